The first kappa shape index (κ1) is 60.9. The van der Waals surface area contributed by atoms with Gasteiger partial charge in [0.05, 0.1) is 78.3 Å². The van der Waals surface area contributed by atoms with Crippen molar-refractivity contribution in [2.75, 3.05) is 0 Å². The van der Waals surface area contributed by atoms with Crippen LogP contribution < -0.4 is 20.7 Å². The fraction of sp³-hybridized carbons (Fsp3) is 0. The number of rotatable bonds is 9. The number of nitrogens with zero attached hydrogens (tertiary/aromatic N) is 7. The Bertz CT molecular complexity index is 7100. The molecule has 0 radical (unpaired) electrons. The highest BCUT2D eigenvalue weighted by atomic mass is 28.3. The Hall–Kier alpha value is -14.5. The molecule has 6 aromatic heterocycles. The predicted molar refractivity (Wildman–Crippen MR) is 453 cm³/mol. The molecule has 0 aliphatic carbocycles. The Morgan fingerprint density at radius 2 is 0.532 bits per heavy atom. The quantitative estimate of drug-likeness (QED) is 0.135. The SMILES string of the molecule is N#Cc1c(-n2c3ccccc3c3cc(-c4ccccc4)ccc32)c(-n2c3ccccc3c3cc(-c4ccccc4)ccc32)c(-c2ccc3c(c2)-c2ccccc2[Si]32c3cccnc3-c3ncccc32)c(-n2c3ccccc3c3cc(-c4ccccc4)ccc32)c1-n1c2ccccc2c2cc(-c3ccccc3)ccc21. The second kappa shape index (κ2) is 23.5. The molecule has 109 heavy (non-hydrogen) atoms. The Balaban J connectivity index is 0.981. The van der Waals surface area contributed by atoms with E-state index in [1.165, 1.54) is 26.3 Å². The smallest absolute Gasteiger partial charge is 0.185 e. The number of nitriles is 1. The van der Waals surface area contributed by atoms with Crippen LogP contribution in [0.25, 0.3) is 188 Å². The Kier molecular flexibility index (Phi) is 13.1. The van der Waals surface area contributed by atoms with E-state index in [9.17, 15) is 5.26 Å². The summed E-state index contributed by atoms with van der Waals surface area (Å²) in [5.41, 5.74) is 26.6. The molecule has 0 bridgehead atoms. The molecular weight excluding hydrogens is 1340 g/mol. The minimum absolute atomic E-state index is 0.494. The Morgan fingerprint density at radius 3 is 0.908 bits per heavy atom. The van der Waals surface area contributed by atoms with Gasteiger partial charge in [0.1, 0.15) is 11.6 Å². The molecule has 8 heterocycles. The summed E-state index contributed by atoms with van der Waals surface area (Å²) >= 11 is 0. The summed E-state index contributed by atoms with van der Waals surface area (Å²) in [5.74, 6) is 0. The van der Waals surface area contributed by atoms with Gasteiger partial charge in [-0.3, -0.25) is 9.97 Å². The molecule has 21 aromatic rings. The normalized spacial score (nSPS) is 12.7. The van der Waals surface area contributed by atoms with Gasteiger partial charge >= 0.3 is 0 Å². The first-order valence-electron chi connectivity index (χ1n) is 37.3. The van der Waals surface area contributed by atoms with Gasteiger partial charge < -0.3 is 18.3 Å². The molecule has 2 aliphatic rings. The number of aromatic nitrogens is 6. The van der Waals surface area contributed by atoms with Crippen LogP contribution in [0.3, 0.4) is 0 Å². The van der Waals surface area contributed by atoms with Crippen LogP contribution in [-0.2, 0) is 0 Å². The number of pyridine rings is 2. The van der Waals surface area contributed by atoms with Crippen molar-refractivity contribution in [3.63, 3.8) is 0 Å². The van der Waals surface area contributed by atoms with Crippen LogP contribution in [0, 0.1) is 11.3 Å². The third-order valence-electron chi connectivity index (χ3n) is 23.5. The van der Waals surface area contributed by atoms with Crippen molar-refractivity contribution in [1.29, 1.82) is 5.26 Å². The lowest BCUT2D eigenvalue weighted by Crippen LogP contribution is -2.70. The highest BCUT2D eigenvalue weighted by molar-refractivity contribution is 7.24. The molecule has 8 heteroatoms. The van der Waals surface area contributed by atoms with Crippen LogP contribution in [0.2, 0.25) is 0 Å². The van der Waals surface area contributed by atoms with Crippen molar-refractivity contribution in [1.82, 2.24) is 28.2 Å². The second-order valence-electron chi connectivity index (χ2n) is 28.9. The molecule has 15 aromatic carbocycles. The Labute approximate surface area is 628 Å². The van der Waals surface area contributed by atoms with E-state index in [0.717, 1.165) is 183 Å². The van der Waals surface area contributed by atoms with E-state index in [2.05, 4.69) is 382 Å². The van der Waals surface area contributed by atoms with Gasteiger partial charge in [0, 0.05) is 61.0 Å². The maximum absolute atomic E-state index is 13.8. The van der Waals surface area contributed by atoms with Gasteiger partial charge in [0.15, 0.2) is 8.07 Å². The van der Waals surface area contributed by atoms with Crippen LogP contribution in [0.4, 0.5) is 0 Å². The Morgan fingerprint density at radius 1 is 0.229 bits per heavy atom. The summed E-state index contributed by atoms with van der Waals surface area (Å²) in [4.78, 5) is 10.4. The van der Waals surface area contributed by atoms with E-state index in [-0.39, 0.29) is 0 Å². The number of hydrogen-bond acceptors (Lipinski definition) is 3. The molecule has 0 fully saturated rings. The van der Waals surface area contributed by atoms with Gasteiger partial charge in [-0.2, -0.15) is 5.26 Å². The minimum Gasteiger partial charge on any atom is -0.306 e. The molecule has 0 atom stereocenters. The minimum atomic E-state index is -3.11. The first-order chi connectivity index (χ1) is 54.1. The molecule has 0 unspecified atom stereocenters. The molecule has 0 amide bonds. The van der Waals surface area contributed by atoms with Crippen LogP contribution in [-0.4, -0.2) is 36.3 Å². The van der Waals surface area contributed by atoms with Crippen molar-refractivity contribution in [2.45, 2.75) is 0 Å². The summed E-state index contributed by atoms with van der Waals surface area (Å²) in [7, 11) is -3.11. The summed E-state index contributed by atoms with van der Waals surface area (Å²) in [5, 5.41) is 27.5. The van der Waals surface area contributed by atoms with Gasteiger partial charge in [-0.1, -0.05) is 267 Å². The highest BCUT2D eigenvalue weighted by Gasteiger charge is 2.55. The van der Waals surface area contributed by atoms with E-state index >= 15 is 0 Å². The molecule has 1 spiro atoms. The topological polar surface area (TPSA) is 69.3 Å². The number of hydrogen-bond donors (Lipinski definition) is 0. The molecule has 23 rings (SSSR count). The van der Waals surface area contributed by atoms with Crippen LogP contribution in [0.15, 0.2) is 370 Å². The monoisotopic (exact) mass is 1400 g/mol. The van der Waals surface area contributed by atoms with Crippen molar-refractivity contribution < 1.29 is 0 Å². The fourth-order valence-electron chi connectivity index (χ4n) is 19.0. The van der Waals surface area contributed by atoms with Gasteiger partial charge in [-0.25, -0.2) is 0 Å². The fourth-order valence-corrected chi connectivity index (χ4v) is 24.4. The number of fused-ring (bicyclic) bond motifs is 22. The van der Waals surface area contributed by atoms with Crippen molar-refractivity contribution in [2.24, 2.45) is 0 Å². The van der Waals surface area contributed by atoms with Crippen molar-refractivity contribution >= 4 is 116 Å². The first-order valence-corrected chi connectivity index (χ1v) is 39.3. The van der Waals surface area contributed by atoms with E-state index in [0.29, 0.717) is 5.56 Å². The van der Waals surface area contributed by atoms with E-state index in [1.54, 1.807) is 0 Å². The summed E-state index contributed by atoms with van der Waals surface area (Å²) < 4.78 is 9.99. The standard InChI is InChI=1S/C101H61N7Si/c102-62-82-98(105-83-38-18-13-33-72(83)77-57-67(45-50-87(77)105)63-25-5-1-6-26-63)100(107-85-40-20-15-35-74(85)79-59-69(47-52-89(79)107)65-29-9-3-10-30-65)95(71-49-54-92-81(61-71)76-37-17-22-42-91(76)109(92)93-43-23-55-103-96(93)97-94(109)44-24-56-104-97)101(108-86-41-21-16-36-75(86)80-60-70(48-53-90(80)108)66-31-11-4-12-32-66)99(82)106-84-39-19-14-34-73(84)78-58-68(46-51-88(78)106)64-27-7-2-8-28-64/h1-61H. The van der Waals surface area contributed by atoms with Crippen LogP contribution in [0.1, 0.15) is 5.56 Å². The number of para-hydroxylation sites is 4. The zero-order valence-electron chi connectivity index (χ0n) is 58.8. The molecule has 504 valence electrons. The highest BCUT2D eigenvalue weighted by Crippen LogP contribution is 2.54. The van der Waals surface area contributed by atoms with E-state index in [4.69, 9.17) is 9.97 Å². The van der Waals surface area contributed by atoms with Gasteiger partial charge in [-0.15, -0.1) is 0 Å². The van der Waals surface area contributed by atoms with Gasteiger partial charge in [-0.05, 0) is 173 Å². The summed E-state index contributed by atoms with van der Waals surface area (Å²) in [6.45, 7) is 0. The molecule has 0 N–H and O–H groups in total. The zero-order chi connectivity index (χ0) is 71.6. The lowest BCUT2D eigenvalue weighted by Gasteiger charge is -2.30. The zero-order valence-corrected chi connectivity index (χ0v) is 59.8. The molecule has 0 saturated heterocycles. The lowest BCUT2D eigenvalue weighted by molar-refractivity contribution is 1.04. The van der Waals surface area contributed by atoms with Crippen LogP contribution >= 0.6 is 0 Å². The summed E-state index contributed by atoms with van der Waals surface area (Å²) in [6, 6.07) is 135. The van der Waals surface area contributed by atoms with E-state index < -0.39 is 8.07 Å². The lowest BCUT2D eigenvalue weighted by atomic mass is 9.91. The van der Waals surface area contributed by atoms with Crippen molar-refractivity contribution in [3.8, 4) is 107 Å². The van der Waals surface area contributed by atoms with Gasteiger partial charge in [0.2, 0.25) is 0 Å². The summed E-state index contributed by atoms with van der Waals surface area (Å²) in [6.07, 6.45) is 3.84. The predicted octanol–water partition coefficient (Wildman–Crippen LogP) is 22.4. The molecule has 2 aliphatic heterocycles. The van der Waals surface area contributed by atoms with Crippen molar-refractivity contribution in [3.05, 3.63) is 376 Å². The van der Waals surface area contributed by atoms with Gasteiger partial charge in [0.25, 0.3) is 0 Å². The average Bonchev–Trinajstić information content (AvgIpc) is 1.53. The molecule has 7 nitrogen and oxygen atoms in total. The molecule has 0 saturated carbocycles. The molecular formula is C101H61N7Si. The van der Waals surface area contributed by atoms with Crippen LogP contribution in [0.5, 0.6) is 0 Å². The third kappa shape index (κ3) is 8.61. The van der Waals surface area contributed by atoms with E-state index in [1.807, 2.05) is 12.4 Å². The maximum atomic E-state index is 13.8. The largest absolute Gasteiger partial charge is 0.306 e. The maximum Gasteiger partial charge on any atom is 0.185 e. The average molecular weight is 1400 g/mol. The number of benzene rings is 15. The third-order valence-corrected chi connectivity index (χ3v) is 28.4. The second-order valence-corrected chi connectivity index (χ2v) is 32.6.